The minimum atomic E-state index is 0.674. The normalized spacial score (nSPS) is 10.1. The number of rotatable bonds is 6. The number of hydrogen-bond acceptors (Lipinski definition) is 4. The number of carbonyl (C=O) groups excluding carboxylic acids is 1. The van der Waals surface area contributed by atoms with Gasteiger partial charge in [0, 0.05) is 29.5 Å². The van der Waals surface area contributed by atoms with Crippen molar-refractivity contribution in [2.24, 2.45) is 0 Å². The second kappa shape index (κ2) is 6.95. The van der Waals surface area contributed by atoms with Crippen LogP contribution in [-0.2, 0) is 10.1 Å². The van der Waals surface area contributed by atoms with Crippen LogP contribution >= 0.6 is 31.9 Å². The van der Waals surface area contributed by atoms with Crippen molar-refractivity contribution in [3.63, 3.8) is 0 Å². The molecule has 0 aromatic heterocycles. The van der Waals surface area contributed by atoms with Gasteiger partial charge in [-0.2, -0.15) is 5.53 Å². The summed E-state index contributed by atoms with van der Waals surface area (Å²) in [6, 6.07) is 5.92. The molecule has 0 saturated heterocycles. The minimum Gasteiger partial charge on any atom is -0.296 e. The van der Waals surface area contributed by atoms with Crippen LogP contribution in [0.15, 0.2) is 22.7 Å². The van der Waals surface area contributed by atoms with E-state index in [1.807, 2.05) is 25.2 Å². The first-order chi connectivity index (χ1) is 8.10. The van der Waals surface area contributed by atoms with E-state index >= 15 is 0 Å². The van der Waals surface area contributed by atoms with E-state index in [9.17, 15) is 4.79 Å². The molecule has 0 fully saturated rings. The zero-order valence-corrected chi connectivity index (χ0v) is 12.7. The van der Waals surface area contributed by atoms with Gasteiger partial charge in [-0.05, 0) is 12.1 Å². The second-order valence-corrected chi connectivity index (χ2v) is 4.79. The van der Waals surface area contributed by atoms with E-state index in [0.717, 1.165) is 21.1 Å². The number of nitrogens with one attached hydrogen (secondary N) is 2. The Morgan fingerprint density at radius 3 is 2.65 bits per heavy atom. The van der Waals surface area contributed by atoms with E-state index in [-0.39, 0.29) is 0 Å². The Labute approximate surface area is 117 Å². The molecule has 0 atom stereocenters. The number of amides is 1. The lowest BCUT2D eigenvalue weighted by Gasteiger charge is -2.25. The van der Waals surface area contributed by atoms with Crippen LogP contribution in [0.1, 0.15) is 5.56 Å². The van der Waals surface area contributed by atoms with Crippen molar-refractivity contribution in [2.75, 3.05) is 19.1 Å². The van der Waals surface area contributed by atoms with Gasteiger partial charge in [-0.15, -0.1) is 5.53 Å². The van der Waals surface area contributed by atoms with E-state index in [4.69, 9.17) is 0 Å². The molecule has 0 aliphatic rings. The first-order valence-electron chi connectivity index (χ1n) is 4.86. The molecule has 0 saturated carbocycles. The molecular formula is C10H14Br2N4O. The van der Waals surface area contributed by atoms with Crippen molar-refractivity contribution in [2.45, 2.75) is 5.33 Å². The molecule has 1 amide bonds. The fraction of sp³-hybridized carbons (Fsp3) is 0.300. The summed E-state index contributed by atoms with van der Waals surface area (Å²) in [4.78, 5) is 10.4. The molecule has 1 aromatic carbocycles. The van der Waals surface area contributed by atoms with Gasteiger partial charge in [0.2, 0.25) is 6.41 Å². The van der Waals surface area contributed by atoms with Crippen LogP contribution in [0.2, 0.25) is 0 Å². The SMILES string of the molecule is CN(C=O)NNN(C)c1cccc(Br)c1CBr. The molecule has 17 heavy (non-hydrogen) atoms. The number of halogens is 2. The Morgan fingerprint density at radius 1 is 1.35 bits per heavy atom. The van der Waals surface area contributed by atoms with Gasteiger partial charge >= 0.3 is 0 Å². The second-order valence-electron chi connectivity index (χ2n) is 3.37. The molecule has 5 nitrogen and oxygen atoms in total. The lowest BCUT2D eigenvalue weighted by Crippen LogP contribution is -2.52. The predicted molar refractivity (Wildman–Crippen MR) is 75.3 cm³/mol. The van der Waals surface area contributed by atoms with Crippen molar-refractivity contribution < 1.29 is 4.79 Å². The Balaban J connectivity index is 2.77. The number of anilines is 1. The molecule has 94 valence electrons. The van der Waals surface area contributed by atoms with Gasteiger partial charge in [0.1, 0.15) is 0 Å². The summed E-state index contributed by atoms with van der Waals surface area (Å²) >= 11 is 6.95. The van der Waals surface area contributed by atoms with Gasteiger partial charge in [-0.3, -0.25) is 14.8 Å². The average Bonchev–Trinajstić information content (AvgIpc) is 2.35. The first kappa shape index (κ1) is 14.4. The Bertz CT molecular complexity index is 389. The highest BCUT2D eigenvalue weighted by Gasteiger charge is 2.09. The molecule has 0 bridgehead atoms. The summed E-state index contributed by atoms with van der Waals surface area (Å²) in [5.41, 5.74) is 7.73. The smallest absolute Gasteiger partial charge is 0.224 e. The van der Waals surface area contributed by atoms with E-state index in [0.29, 0.717) is 6.41 Å². The summed E-state index contributed by atoms with van der Waals surface area (Å²) in [5, 5.41) is 3.81. The topological polar surface area (TPSA) is 47.6 Å². The lowest BCUT2D eigenvalue weighted by molar-refractivity contribution is -0.120. The first-order valence-corrected chi connectivity index (χ1v) is 6.78. The van der Waals surface area contributed by atoms with Crippen molar-refractivity contribution >= 4 is 44.0 Å². The number of alkyl halides is 1. The molecule has 0 aliphatic carbocycles. The van der Waals surface area contributed by atoms with Gasteiger partial charge < -0.3 is 0 Å². The Morgan fingerprint density at radius 2 is 2.06 bits per heavy atom. The largest absolute Gasteiger partial charge is 0.296 e. The van der Waals surface area contributed by atoms with Crippen molar-refractivity contribution in [1.29, 1.82) is 0 Å². The fourth-order valence-corrected chi connectivity index (χ4v) is 2.70. The van der Waals surface area contributed by atoms with E-state index in [1.54, 1.807) is 12.1 Å². The third-order valence-corrected chi connectivity index (χ3v) is 3.44. The maximum atomic E-state index is 10.4. The summed E-state index contributed by atoms with van der Waals surface area (Å²) in [5.74, 6) is 0. The summed E-state index contributed by atoms with van der Waals surface area (Å²) < 4.78 is 1.03. The zero-order chi connectivity index (χ0) is 12.8. The molecule has 0 unspecified atom stereocenters. The van der Waals surface area contributed by atoms with E-state index in [1.165, 1.54) is 5.01 Å². The molecule has 0 aliphatic heterocycles. The maximum absolute atomic E-state index is 10.4. The third-order valence-electron chi connectivity index (χ3n) is 2.14. The molecule has 0 spiro atoms. The van der Waals surface area contributed by atoms with E-state index < -0.39 is 0 Å². The standard InChI is InChI=1S/C10H14Br2N4O/c1-15(7-17)13-14-16(2)10-5-3-4-9(12)8(10)6-11/h3-5,7,13-14H,6H2,1-2H3. The highest BCUT2D eigenvalue weighted by molar-refractivity contribution is 9.10. The summed E-state index contributed by atoms with van der Waals surface area (Å²) in [6.45, 7) is 0. The number of hydrazine groups is 3. The van der Waals surface area contributed by atoms with Gasteiger partial charge in [0.05, 0.1) is 5.69 Å². The molecule has 7 heteroatoms. The number of carbonyl (C=O) groups is 1. The zero-order valence-electron chi connectivity index (χ0n) is 9.58. The minimum absolute atomic E-state index is 0.674. The van der Waals surface area contributed by atoms with Crippen LogP contribution in [0.4, 0.5) is 5.69 Å². The van der Waals surface area contributed by atoms with Gasteiger partial charge in [0.15, 0.2) is 0 Å². The number of benzene rings is 1. The molecule has 1 rings (SSSR count). The monoisotopic (exact) mass is 364 g/mol. The maximum Gasteiger partial charge on any atom is 0.224 e. The van der Waals surface area contributed by atoms with Crippen molar-refractivity contribution in [1.82, 2.24) is 16.1 Å². The molecule has 0 radical (unpaired) electrons. The molecule has 2 N–H and O–H groups in total. The number of hydrogen-bond donors (Lipinski definition) is 2. The van der Waals surface area contributed by atoms with Gasteiger partial charge in [-0.1, -0.05) is 37.9 Å². The highest BCUT2D eigenvalue weighted by atomic mass is 79.9. The van der Waals surface area contributed by atoms with Crippen LogP contribution in [0.3, 0.4) is 0 Å². The summed E-state index contributed by atoms with van der Waals surface area (Å²) in [6.07, 6.45) is 0.674. The van der Waals surface area contributed by atoms with Crippen LogP contribution in [0, 0.1) is 0 Å². The van der Waals surface area contributed by atoms with Crippen LogP contribution in [0.25, 0.3) is 0 Å². The fourth-order valence-electron chi connectivity index (χ4n) is 1.23. The Hall–Kier alpha value is -0.630. The van der Waals surface area contributed by atoms with Crippen molar-refractivity contribution in [3.05, 3.63) is 28.2 Å². The highest BCUT2D eigenvalue weighted by Crippen LogP contribution is 2.28. The van der Waals surface area contributed by atoms with Crippen LogP contribution in [0.5, 0.6) is 0 Å². The van der Waals surface area contributed by atoms with E-state index in [2.05, 4.69) is 42.9 Å². The van der Waals surface area contributed by atoms with Crippen molar-refractivity contribution in [3.8, 4) is 0 Å². The molecule has 1 aromatic rings. The lowest BCUT2D eigenvalue weighted by atomic mass is 10.2. The predicted octanol–water partition coefficient (Wildman–Crippen LogP) is 1.79. The quantitative estimate of drug-likeness (QED) is 0.458. The van der Waals surface area contributed by atoms with Gasteiger partial charge in [-0.25, -0.2) is 0 Å². The third kappa shape index (κ3) is 3.95. The summed E-state index contributed by atoms with van der Waals surface area (Å²) in [7, 11) is 3.47. The molecule has 0 heterocycles. The van der Waals surface area contributed by atoms with Crippen LogP contribution < -0.4 is 16.1 Å². The van der Waals surface area contributed by atoms with Crippen LogP contribution in [-0.4, -0.2) is 25.5 Å². The van der Waals surface area contributed by atoms with Gasteiger partial charge in [0.25, 0.3) is 0 Å². The molecular weight excluding hydrogens is 352 g/mol. The Kier molecular flexibility index (Phi) is 5.90. The average molecular weight is 366 g/mol. The number of nitrogens with zero attached hydrogens (tertiary/aromatic N) is 2.